The van der Waals surface area contributed by atoms with E-state index in [1.807, 2.05) is 47.3 Å². The van der Waals surface area contributed by atoms with Crippen LogP contribution in [0.5, 0.6) is 0 Å². The molecule has 1 aromatic carbocycles. The largest absolute Gasteiger partial charge is 0.423 e. The Balaban J connectivity index is 1.96. The minimum Gasteiger partial charge on any atom is -0.423 e. The Labute approximate surface area is 121 Å². The predicted octanol–water partition coefficient (Wildman–Crippen LogP) is 4.66. The first-order valence-electron chi connectivity index (χ1n) is 5.28. The normalized spacial score (nSPS) is 10.8. The summed E-state index contributed by atoms with van der Waals surface area (Å²) in [5, 5.41) is 0. The summed E-state index contributed by atoms with van der Waals surface area (Å²) in [7, 11) is 0. The highest BCUT2D eigenvalue weighted by molar-refractivity contribution is 9.10. The Morgan fingerprint density at radius 1 is 1.00 bits per heavy atom. The second-order valence-corrected chi connectivity index (χ2v) is 5.58. The van der Waals surface area contributed by atoms with Crippen LogP contribution in [0, 0.1) is 0 Å². The molecule has 0 atom stereocenters. The number of nitrogens with zero attached hydrogens (tertiary/aromatic N) is 2. The molecule has 0 fully saturated rings. The number of oxazole rings is 1. The van der Waals surface area contributed by atoms with Crippen molar-refractivity contribution in [1.29, 1.82) is 0 Å². The minimum atomic E-state index is 0.554. The van der Waals surface area contributed by atoms with Crippen molar-refractivity contribution in [2.45, 2.75) is 0 Å². The quantitative estimate of drug-likeness (QED) is 0.659. The number of benzene rings is 1. The van der Waals surface area contributed by atoms with Crippen LogP contribution in [-0.2, 0) is 0 Å². The average molecular weight is 368 g/mol. The molecule has 90 valence electrons. The zero-order valence-corrected chi connectivity index (χ0v) is 12.3. The van der Waals surface area contributed by atoms with Crippen LogP contribution in [0.1, 0.15) is 0 Å². The highest BCUT2D eigenvalue weighted by Crippen LogP contribution is 2.24. The Morgan fingerprint density at radius 2 is 1.78 bits per heavy atom. The summed E-state index contributed by atoms with van der Waals surface area (Å²) in [6.07, 6.45) is 5.52. The summed E-state index contributed by atoms with van der Waals surface area (Å²) >= 11 is 6.80. The lowest BCUT2D eigenvalue weighted by Gasteiger charge is -1.97. The van der Waals surface area contributed by atoms with Gasteiger partial charge in [0, 0.05) is 26.9 Å². The van der Waals surface area contributed by atoms with Crippen molar-refractivity contribution in [2.75, 3.05) is 0 Å². The van der Waals surface area contributed by atoms with Gasteiger partial charge in [0.15, 0.2) is 5.76 Å². The van der Waals surface area contributed by atoms with Crippen LogP contribution in [-0.4, -0.2) is 9.55 Å². The fourth-order valence-corrected chi connectivity index (χ4v) is 2.22. The lowest BCUT2D eigenvalue weighted by Crippen LogP contribution is -1.87. The molecule has 2 aromatic heterocycles. The van der Waals surface area contributed by atoms with Crippen molar-refractivity contribution < 1.29 is 4.42 Å². The molecule has 0 saturated carbocycles. The third-order valence-electron chi connectivity index (χ3n) is 2.50. The van der Waals surface area contributed by atoms with Crippen molar-refractivity contribution in [3.05, 3.63) is 57.9 Å². The molecule has 0 aliphatic carbocycles. The smallest absolute Gasteiger partial charge is 0.306 e. The van der Waals surface area contributed by atoms with E-state index in [1.165, 1.54) is 0 Å². The van der Waals surface area contributed by atoms with Gasteiger partial charge in [0.25, 0.3) is 0 Å². The van der Waals surface area contributed by atoms with E-state index < -0.39 is 0 Å². The third kappa shape index (κ3) is 2.28. The van der Waals surface area contributed by atoms with Gasteiger partial charge in [-0.05, 0) is 34.1 Å². The maximum absolute atomic E-state index is 5.72. The van der Waals surface area contributed by atoms with Gasteiger partial charge in [-0.15, -0.1) is 0 Å². The van der Waals surface area contributed by atoms with Gasteiger partial charge in [-0.25, -0.2) is 4.98 Å². The van der Waals surface area contributed by atoms with E-state index in [4.69, 9.17) is 4.42 Å². The average Bonchev–Trinajstić information content (AvgIpc) is 2.98. The summed E-state index contributed by atoms with van der Waals surface area (Å²) < 4.78 is 9.58. The first-order valence-corrected chi connectivity index (χ1v) is 6.86. The predicted molar refractivity (Wildman–Crippen MR) is 76.7 cm³/mol. The topological polar surface area (TPSA) is 31.0 Å². The van der Waals surface area contributed by atoms with Gasteiger partial charge in [0.05, 0.1) is 6.20 Å². The maximum atomic E-state index is 5.72. The van der Waals surface area contributed by atoms with Crippen LogP contribution in [0.25, 0.3) is 17.3 Å². The van der Waals surface area contributed by atoms with E-state index in [0.717, 1.165) is 20.3 Å². The Kier molecular flexibility index (Phi) is 3.09. The monoisotopic (exact) mass is 366 g/mol. The van der Waals surface area contributed by atoms with Crippen molar-refractivity contribution >= 4 is 31.9 Å². The van der Waals surface area contributed by atoms with Crippen LogP contribution in [0.2, 0.25) is 0 Å². The summed E-state index contributed by atoms with van der Waals surface area (Å²) in [5.41, 5.74) is 1.00. The van der Waals surface area contributed by atoms with E-state index in [1.54, 1.807) is 6.20 Å². The molecular formula is C13H8Br2N2O. The summed E-state index contributed by atoms with van der Waals surface area (Å²) in [4.78, 5) is 4.26. The standard InChI is InChI=1S/C13H8Br2N2O/c14-10-3-1-9(2-4-10)12-7-16-13(18-12)17-6-5-11(15)8-17/h1-8H. The van der Waals surface area contributed by atoms with E-state index in [2.05, 4.69) is 36.8 Å². The zero-order chi connectivity index (χ0) is 12.5. The lowest BCUT2D eigenvalue weighted by atomic mass is 10.2. The third-order valence-corrected chi connectivity index (χ3v) is 3.50. The molecule has 0 unspecified atom stereocenters. The lowest BCUT2D eigenvalue weighted by molar-refractivity contribution is 0.540. The van der Waals surface area contributed by atoms with Crippen LogP contribution in [0.4, 0.5) is 0 Å². The van der Waals surface area contributed by atoms with Crippen LogP contribution in [0.3, 0.4) is 0 Å². The first kappa shape index (κ1) is 11.7. The van der Waals surface area contributed by atoms with E-state index in [9.17, 15) is 0 Å². The SMILES string of the molecule is Brc1ccc(-c2cnc(-n3ccc(Br)c3)o2)cc1. The van der Waals surface area contributed by atoms with Crippen molar-refractivity contribution in [1.82, 2.24) is 9.55 Å². The van der Waals surface area contributed by atoms with Crippen molar-refractivity contribution in [2.24, 2.45) is 0 Å². The van der Waals surface area contributed by atoms with E-state index in [0.29, 0.717) is 6.01 Å². The van der Waals surface area contributed by atoms with Crippen molar-refractivity contribution in [3.63, 3.8) is 0 Å². The second kappa shape index (κ2) is 4.74. The molecule has 3 aromatic rings. The Bertz CT molecular complexity index is 670. The molecule has 5 heteroatoms. The molecule has 0 bridgehead atoms. The molecule has 2 heterocycles. The molecule has 0 N–H and O–H groups in total. The highest BCUT2D eigenvalue weighted by Gasteiger charge is 2.07. The van der Waals surface area contributed by atoms with Gasteiger partial charge in [-0.3, -0.25) is 4.57 Å². The fraction of sp³-hybridized carbons (Fsp3) is 0. The fourth-order valence-electron chi connectivity index (χ4n) is 1.62. The molecule has 0 aliphatic heterocycles. The van der Waals surface area contributed by atoms with Crippen molar-refractivity contribution in [3.8, 4) is 17.3 Å². The highest BCUT2D eigenvalue weighted by atomic mass is 79.9. The molecule has 3 rings (SSSR count). The molecule has 18 heavy (non-hydrogen) atoms. The van der Waals surface area contributed by atoms with Gasteiger partial charge >= 0.3 is 6.01 Å². The van der Waals surface area contributed by atoms with Gasteiger partial charge in [0.2, 0.25) is 0 Å². The molecule has 0 aliphatic rings. The number of halogens is 2. The number of rotatable bonds is 2. The Hall–Kier alpha value is -1.33. The van der Waals surface area contributed by atoms with Gasteiger partial charge in [-0.1, -0.05) is 28.1 Å². The first-order chi connectivity index (χ1) is 8.72. The van der Waals surface area contributed by atoms with Crippen LogP contribution in [0.15, 0.2) is 62.3 Å². The summed E-state index contributed by atoms with van der Waals surface area (Å²) in [6, 6.07) is 10.4. The zero-order valence-electron chi connectivity index (χ0n) is 9.18. The number of aromatic nitrogens is 2. The van der Waals surface area contributed by atoms with E-state index in [-0.39, 0.29) is 0 Å². The minimum absolute atomic E-state index is 0.554. The molecule has 0 saturated heterocycles. The van der Waals surface area contributed by atoms with E-state index >= 15 is 0 Å². The number of hydrogen-bond acceptors (Lipinski definition) is 2. The number of hydrogen-bond donors (Lipinski definition) is 0. The van der Waals surface area contributed by atoms with Gasteiger partial charge < -0.3 is 4.42 Å². The molecule has 0 spiro atoms. The second-order valence-electron chi connectivity index (χ2n) is 3.75. The summed E-state index contributed by atoms with van der Waals surface area (Å²) in [5.74, 6) is 0.752. The molecule has 3 nitrogen and oxygen atoms in total. The van der Waals surface area contributed by atoms with Gasteiger partial charge in [0.1, 0.15) is 0 Å². The van der Waals surface area contributed by atoms with Crippen LogP contribution < -0.4 is 0 Å². The molecule has 0 radical (unpaired) electrons. The molecule has 0 amide bonds. The Morgan fingerprint density at radius 3 is 2.44 bits per heavy atom. The van der Waals surface area contributed by atoms with Crippen LogP contribution >= 0.6 is 31.9 Å². The van der Waals surface area contributed by atoms with Gasteiger partial charge in [-0.2, -0.15) is 0 Å². The summed E-state index contributed by atoms with van der Waals surface area (Å²) in [6.45, 7) is 0. The maximum Gasteiger partial charge on any atom is 0.306 e. The molecular weight excluding hydrogens is 360 g/mol.